The van der Waals surface area contributed by atoms with Crippen molar-refractivity contribution in [2.24, 2.45) is 5.41 Å². The Morgan fingerprint density at radius 3 is 2.61 bits per heavy atom. The summed E-state index contributed by atoms with van der Waals surface area (Å²) < 4.78 is 19.4. The second-order valence-electron chi connectivity index (χ2n) is 8.23. The number of likely N-dealkylation sites (tertiary alicyclic amines) is 2. The van der Waals surface area contributed by atoms with Crippen LogP contribution in [0.1, 0.15) is 32.1 Å². The number of ether oxygens (including phenoxy) is 1. The second-order valence-corrected chi connectivity index (χ2v) is 8.23. The summed E-state index contributed by atoms with van der Waals surface area (Å²) >= 11 is 0. The third-order valence-electron chi connectivity index (χ3n) is 6.36. The van der Waals surface area contributed by atoms with E-state index in [1.165, 1.54) is 18.9 Å². The maximum absolute atomic E-state index is 13.7. The van der Waals surface area contributed by atoms with Gasteiger partial charge in [-0.05, 0) is 50.9 Å². The van der Waals surface area contributed by atoms with Crippen LogP contribution < -0.4 is 5.32 Å². The van der Waals surface area contributed by atoms with Gasteiger partial charge in [-0.25, -0.2) is 4.39 Å². The van der Waals surface area contributed by atoms with E-state index >= 15 is 0 Å². The Morgan fingerprint density at radius 1 is 1.18 bits per heavy atom. The van der Waals surface area contributed by atoms with Gasteiger partial charge in [-0.3, -0.25) is 14.5 Å². The number of rotatable bonds is 5. The van der Waals surface area contributed by atoms with Crippen LogP contribution in [0.4, 0.5) is 10.1 Å². The number of esters is 1. The largest absolute Gasteiger partial charge is 0.461 e. The molecule has 1 unspecified atom stereocenters. The molecule has 7 heteroatoms. The van der Waals surface area contributed by atoms with Crippen LogP contribution in [0.3, 0.4) is 0 Å². The number of hydrogen-bond donors (Lipinski definition) is 1. The number of nitrogens with zero attached hydrogens (tertiary/aromatic N) is 2. The first kappa shape index (κ1) is 19.2. The quantitative estimate of drug-likeness (QED) is 0.783. The molecule has 3 fully saturated rings. The molecule has 0 aliphatic carbocycles. The van der Waals surface area contributed by atoms with Gasteiger partial charge in [-0.15, -0.1) is 0 Å². The number of amides is 1. The third-order valence-corrected chi connectivity index (χ3v) is 6.36. The van der Waals surface area contributed by atoms with E-state index in [0.29, 0.717) is 31.6 Å². The highest BCUT2D eigenvalue weighted by Gasteiger charge is 2.51. The molecule has 1 amide bonds. The lowest BCUT2D eigenvalue weighted by Crippen LogP contribution is -2.46. The normalized spacial score (nSPS) is 24.5. The first-order valence-electron chi connectivity index (χ1n) is 10.3. The van der Waals surface area contributed by atoms with E-state index in [0.717, 1.165) is 26.1 Å². The van der Waals surface area contributed by atoms with Crippen molar-refractivity contribution in [2.75, 3.05) is 44.6 Å². The smallest absolute Gasteiger partial charge is 0.312 e. The predicted molar refractivity (Wildman–Crippen MR) is 103 cm³/mol. The van der Waals surface area contributed by atoms with Crippen LogP contribution in [0, 0.1) is 11.2 Å². The molecule has 0 aromatic heterocycles. The number of piperidine rings is 1. The van der Waals surface area contributed by atoms with Crippen LogP contribution in [0.5, 0.6) is 0 Å². The summed E-state index contributed by atoms with van der Waals surface area (Å²) in [6, 6.07) is 6.32. The van der Waals surface area contributed by atoms with Gasteiger partial charge < -0.3 is 15.0 Å². The molecular formula is C21H28FN3O3. The van der Waals surface area contributed by atoms with Crippen LogP contribution in [0.15, 0.2) is 24.3 Å². The maximum atomic E-state index is 13.7. The van der Waals surface area contributed by atoms with Crippen molar-refractivity contribution in [2.45, 2.75) is 38.2 Å². The second kappa shape index (κ2) is 8.07. The van der Waals surface area contributed by atoms with Crippen molar-refractivity contribution >= 4 is 17.6 Å². The Labute approximate surface area is 165 Å². The van der Waals surface area contributed by atoms with Crippen LogP contribution in [-0.4, -0.2) is 67.0 Å². The van der Waals surface area contributed by atoms with Crippen molar-refractivity contribution < 1.29 is 18.7 Å². The molecule has 152 valence electrons. The zero-order valence-electron chi connectivity index (χ0n) is 16.2. The summed E-state index contributed by atoms with van der Waals surface area (Å²) in [6.45, 7) is 4.17. The van der Waals surface area contributed by atoms with Crippen LogP contribution >= 0.6 is 0 Å². The van der Waals surface area contributed by atoms with Gasteiger partial charge in [0.25, 0.3) is 0 Å². The summed E-state index contributed by atoms with van der Waals surface area (Å²) in [5.74, 6) is -0.531. The van der Waals surface area contributed by atoms with Gasteiger partial charge in [-0.1, -0.05) is 12.1 Å². The van der Waals surface area contributed by atoms with E-state index in [-0.39, 0.29) is 30.3 Å². The molecule has 3 saturated heterocycles. The Morgan fingerprint density at radius 2 is 1.89 bits per heavy atom. The lowest BCUT2D eigenvalue weighted by atomic mass is 9.76. The Hall–Kier alpha value is -2.15. The fraction of sp³-hybridized carbons (Fsp3) is 0.619. The van der Waals surface area contributed by atoms with Gasteiger partial charge in [0.15, 0.2) is 0 Å². The minimum atomic E-state index is -0.430. The minimum absolute atomic E-state index is 0.0180. The number of para-hydroxylation sites is 1. The zero-order valence-corrected chi connectivity index (χ0v) is 16.2. The average molecular weight is 389 g/mol. The lowest BCUT2D eigenvalue weighted by Gasteiger charge is -2.36. The molecule has 3 aliphatic heterocycles. The fourth-order valence-corrected chi connectivity index (χ4v) is 4.67. The molecule has 6 nitrogen and oxygen atoms in total. The number of anilines is 1. The first-order valence-corrected chi connectivity index (χ1v) is 10.3. The van der Waals surface area contributed by atoms with E-state index in [4.69, 9.17) is 4.74 Å². The van der Waals surface area contributed by atoms with Crippen molar-refractivity contribution in [1.82, 2.24) is 9.80 Å². The summed E-state index contributed by atoms with van der Waals surface area (Å²) in [5.41, 5.74) is -0.103. The van der Waals surface area contributed by atoms with Crippen LogP contribution in [0.25, 0.3) is 0 Å². The van der Waals surface area contributed by atoms with E-state index in [2.05, 4.69) is 10.2 Å². The van der Waals surface area contributed by atoms with Crippen molar-refractivity contribution in [3.8, 4) is 0 Å². The van der Waals surface area contributed by atoms with E-state index in [9.17, 15) is 14.0 Å². The minimum Gasteiger partial charge on any atom is -0.461 e. The molecule has 4 rings (SSSR count). The van der Waals surface area contributed by atoms with E-state index < -0.39 is 5.41 Å². The molecule has 1 aromatic carbocycles. The van der Waals surface area contributed by atoms with Gasteiger partial charge in [-0.2, -0.15) is 0 Å². The molecule has 1 spiro atoms. The Bertz CT molecular complexity index is 727. The van der Waals surface area contributed by atoms with Gasteiger partial charge in [0.1, 0.15) is 11.9 Å². The first-order chi connectivity index (χ1) is 13.6. The van der Waals surface area contributed by atoms with Crippen molar-refractivity contribution in [1.29, 1.82) is 0 Å². The number of benzene rings is 1. The number of nitrogens with one attached hydrogen (secondary N) is 1. The predicted octanol–water partition coefficient (Wildman–Crippen LogP) is 2.26. The number of halogens is 1. The van der Waals surface area contributed by atoms with Gasteiger partial charge in [0.2, 0.25) is 5.91 Å². The highest BCUT2D eigenvalue weighted by atomic mass is 19.1. The standard InChI is InChI=1S/C21H28FN3O3/c22-17-5-1-2-6-18(17)23-14-19(26)25-11-7-21(8-12-25)13-16(28-20(21)27)15-24-9-3-4-10-24/h1-2,5-6,16,23H,3-4,7-15H2. The van der Waals surface area contributed by atoms with Crippen LogP contribution in [0.2, 0.25) is 0 Å². The van der Waals surface area contributed by atoms with Crippen LogP contribution in [-0.2, 0) is 14.3 Å². The summed E-state index contributed by atoms with van der Waals surface area (Å²) in [4.78, 5) is 29.2. The monoisotopic (exact) mass is 389 g/mol. The molecule has 1 atom stereocenters. The van der Waals surface area contributed by atoms with Crippen molar-refractivity contribution in [3.05, 3.63) is 30.1 Å². The molecule has 3 heterocycles. The van der Waals surface area contributed by atoms with E-state index in [1.807, 2.05) is 0 Å². The highest BCUT2D eigenvalue weighted by Crippen LogP contribution is 2.43. The maximum Gasteiger partial charge on any atom is 0.312 e. The molecule has 0 bridgehead atoms. The SMILES string of the molecule is O=C(CNc1ccccc1F)N1CCC2(CC1)CC(CN1CCCC1)OC2=O. The zero-order chi connectivity index (χ0) is 19.6. The molecule has 0 saturated carbocycles. The number of cyclic esters (lactones) is 1. The molecule has 28 heavy (non-hydrogen) atoms. The third kappa shape index (κ3) is 3.99. The average Bonchev–Trinajstić information content (AvgIpc) is 3.30. The van der Waals surface area contributed by atoms with Gasteiger partial charge >= 0.3 is 5.97 Å². The fourth-order valence-electron chi connectivity index (χ4n) is 4.67. The van der Waals surface area contributed by atoms with E-state index in [1.54, 1.807) is 23.1 Å². The highest BCUT2D eigenvalue weighted by molar-refractivity contribution is 5.82. The summed E-state index contributed by atoms with van der Waals surface area (Å²) in [5, 5.41) is 2.86. The number of carbonyl (C=O) groups is 2. The van der Waals surface area contributed by atoms with Crippen molar-refractivity contribution in [3.63, 3.8) is 0 Å². The van der Waals surface area contributed by atoms with Gasteiger partial charge in [0, 0.05) is 26.1 Å². The van der Waals surface area contributed by atoms with Gasteiger partial charge in [0.05, 0.1) is 17.6 Å². The lowest BCUT2D eigenvalue weighted by molar-refractivity contribution is -0.152. The molecule has 3 aliphatic rings. The molecule has 1 aromatic rings. The summed E-state index contributed by atoms with van der Waals surface area (Å²) in [6.07, 6.45) is 4.49. The molecular weight excluding hydrogens is 361 g/mol. The number of hydrogen-bond acceptors (Lipinski definition) is 5. The summed E-state index contributed by atoms with van der Waals surface area (Å²) in [7, 11) is 0. The Kier molecular flexibility index (Phi) is 5.53. The molecule has 0 radical (unpaired) electrons. The molecule has 1 N–H and O–H groups in total. The Balaban J connectivity index is 1.27. The topological polar surface area (TPSA) is 61.9 Å². The number of carbonyl (C=O) groups excluding carboxylic acids is 2.